The zero-order chi connectivity index (χ0) is 18.8. The van der Waals surface area contributed by atoms with E-state index in [2.05, 4.69) is 17.4 Å². The molecule has 0 spiro atoms. The largest absolute Gasteiger partial charge is 0.338 e. The number of nitrogens with two attached hydrogens (primary N) is 1. The van der Waals surface area contributed by atoms with E-state index in [0.717, 1.165) is 16.3 Å². The van der Waals surface area contributed by atoms with E-state index in [1.165, 1.54) is 5.56 Å². The Hall–Kier alpha value is -2.31. The number of benzene rings is 2. The summed E-state index contributed by atoms with van der Waals surface area (Å²) in [5, 5.41) is 2.91. The molecule has 27 heavy (non-hydrogen) atoms. The van der Waals surface area contributed by atoms with Crippen LogP contribution >= 0.6 is 11.8 Å². The monoisotopic (exact) mass is 381 g/mol. The van der Waals surface area contributed by atoms with Gasteiger partial charge in [-0.25, -0.2) is 0 Å². The predicted octanol–water partition coefficient (Wildman–Crippen LogP) is 2.94. The van der Waals surface area contributed by atoms with Crippen LogP contribution in [0.3, 0.4) is 0 Å². The van der Waals surface area contributed by atoms with Crippen molar-refractivity contribution in [2.45, 2.75) is 17.2 Å². The first-order chi connectivity index (χ1) is 13.2. The molecule has 0 radical (unpaired) electrons. The second-order valence-corrected chi connectivity index (χ2v) is 8.22. The van der Waals surface area contributed by atoms with Crippen LogP contribution in [0.15, 0.2) is 53.4 Å². The van der Waals surface area contributed by atoms with Crippen LogP contribution in [0.1, 0.15) is 28.3 Å². The Morgan fingerprint density at radius 1 is 1.19 bits per heavy atom. The van der Waals surface area contributed by atoms with E-state index in [0.29, 0.717) is 31.6 Å². The zero-order valence-electron chi connectivity index (χ0n) is 15.1. The van der Waals surface area contributed by atoms with Gasteiger partial charge in [0.2, 0.25) is 5.91 Å². The molecule has 6 heteroatoms. The Balaban J connectivity index is 1.56. The molecule has 0 bridgehead atoms. The van der Waals surface area contributed by atoms with Crippen molar-refractivity contribution >= 4 is 29.3 Å². The lowest BCUT2D eigenvalue weighted by Crippen LogP contribution is -2.30. The molecule has 4 rings (SSSR count). The standard InChI is InChI=1S/C21H23N3O2S/c22-11-16-12-24(13-17(16)14-4-2-1-3-5-14)21(26)15-6-7-19-18(10-15)23-20(25)8-9-27-19/h1-7,10,16-17H,8-9,11-13,22H2,(H,23,25)/t16-,17+/m1/s1. The Morgan fingerprint density at radius 3 is 2.78 bits per heavy atom. The highest BCUT2D eigenvalue weighted by Crippen LogP contribution is 2.35. The van der Waals surface area contributed by atoms with Crippen molar-refractivity contribution in [2.24, 2.45) is 11.7 Å². The fourth-order valence-corrected chi connectivity index (χ4v) is 4.83. The maximum atomic E-state index is 13.1. The first-order valence-electron chi connectivity index (χ1n) is 9.26. The van der Waals surface area contributed by atoms with Gasteiger partial charge >= 0.3 is 0 Å². The third-order valence-corrected chi connectivity index (χ3v) is 6.42. The summed E-state index contributed by atoms with van der Waals surface area (Å²) < 4.78 is 0. The Morgan fingerprint density at radius 2 is 2.00 bits per heavy atom. The highest BCUT2D eigenvalue weighted by molar-refractivity contribution is 7.99. The van der Waals surface area contributed by atoms with Crippen molar-refractivity contribution in [1.29, 1.82) is 0 Å². The second kappa shape index (κ2) is 7.74. The number of fused-ring (bicyclic) bond motifs is 1. The van der Waals surface area contributed by atoms with Crippen molar-refractivity contribution < 1.29 is 9.59 Å². The topological polar surface area (TPSA) is 75.4 Å². The van der Waals surface area contributed by atoms with Gasteiger partial charge in [-0.3, -0.25) is 9.59 Å². The molecule has 2 aliphatic rings. The van der Waals surface area contributed by atoms with E-state index in [9.17, 15) is 9.59 Å². The molecule has 2 atom stereocenters. The number of amides is 2. The molecular formula is C21H23N3O2S. The molecule has 2 aliphatic heterocycles. The second-order valence-electron chi connectivity index (χ2n) is 7.08. The molecule has 2 amide bonds. The van der Waals surface area contributed by atoms with Gasteiger partial charge in [-0.2, -0.15) is 0 Å². The number of carbonyl (C=O) groups is 2. The lowest BCUT2D eigenvalue weighted by atomic mass is 9.89. The maximum absolute atomic E-state index is 13.1. The van der Waals surface area contributed by atoms with Gasteiger partial charge in [0, 0.05) is 41.6 Å². The number of anilines is 1. The molecule has 2 aromatic rings. The first kappa shape index (κ1) is 18.1. The summed E-state index contributed by atoms with van der Waals surface area (Å²) in [6.45, 7) is 1.89. The third kappa shape index (κ3) is 3.73. The van der Waals surface area contributed by atoms with Crippen LogP contribution in [0.2, 0.25) is 0 Å². The lowest BCUT2D eigenvalue weighted by molar-refractivity contribution is -0.115. The molecule has 2 heterocycles. The average Bonchev–Trinajstić information content (AvgIpc) is 3.04. The Bertz CT molecular complexity index is 856. The van der Waals surface area contributed by atoms with Crippen LogP contribution in [0.5, 0.6) is 0 Å². The summed E-state index contributed by atoms with van der Waals surface area (Å²) >= 11 is 1.64. The minimum atomic E-state index is -0.00169. The first-order valence-corrected chi connectivity index (χ1v) is 10.2. The van der Waals surface area contributed by atoms with Gasteiger partial charge in [0.1, 0.15) is 0 Å². The number of rotatable bonds is 3. The Kier molecular flexibility index (Phi) is 5.18. The van der Waals surface area contributed by atoms with E-state index in [1.807, 2.05) is 35.2 Å². The number of carbonyl (C=O) groups excluding carboxylic acids is 2. The molecule has 3 N–H and O–H groups in total. The quantitative estimate of drug-likeness (QED) is 0.857. The van der Waals surface area contributed by atoms with Crippen molar-refractivity contribution in [2.75, 3.05) is 30.7 Å². The van der Waals surface area contributed by atoms with E-state index in [-0.39, 0.29) is 23.7 Å². The number of hydrogen-bond donors (Lipinski definition) is 2. The highest BCUT2D eigenvalue weighted by Gasteiger charge is 2.35. The molecule has 1 saturated heterocycles. The number of hydrogen-bond acceptors (Lipinski definition) is 4. The molecule has 0 aliphatic carbocycles. The lowest BCUT2D eigenvalue weighted by Gasteiger charge is -2.18. The Labute approximate surface area is 163 Å². The summed E-state index contributed by atoms with van der Waals surface area (Å²) in [6, 6.07) is 15.9. The molecule has 0 saturated carbocycles. The van der Waals surface area contributed by atoms with Gasteiger partial charge in [-0.05, 0) is 36.2 Å². The van der Waals surface area contributed by atoms with Crippen LogP contribution in [-0.2, 0) is 4.79 Å². The van der Waals surface area contributed by atoms with Crippen molar-refractivity contribution in [1.82, 2.24) is 4.90 Å². The summed E-state index contributed by atoms with van der Waals surface area (Å²) in [4.78, 5) is 27.8. The van der Waals surface area contributed by atoms with Gasteiger partial charge in [-0.1, -0.05) is 30.3 Å². The number of thioether (sulfide) groups is 1. The summed E-state index contributed by atoms with van der Waals surface area (Å²) in [5.41, 5.74) is 8.58. The van der Waals surface area contributed by atoms with Gasteiger partial charge in [-0.15, -0.1) is 11.8 Å². The van der Waals surface area contributed by atoms with E-state index in [1.54, 1.807) is 17.8 Å². The van der Waals surface area contributed by atoms with Gasteiger partial charge in [0.05, 0.1) is 5.69 Å². The zero-order valence-corrected chi connectivity index (χ0v) is 15.9. The molecule has 0 unspecified atom stereocenters. The van der Waals surface area contributed by atoms with Crippen LogP contribution < -0.4 is 11.1 Å². The van der Waals surface area contributed by atoms with Crippen molar-refractivity contribution in [3.05, 3.63) is 59.7 Å². The van der Waals surface area contributed by atoms with Crippen molar-refractivity contribution in [3.8, 4) is 0 Å². The normalized spacial score (nSPS) is 22.1. The summed E-state index contributed by atoms with van der Waals surface area (Å²) in [7, 11) is 0. The highest BCUT2D eigenvalue weighted by atomic mass is 32.2. The van der Waals surface area contributed by atoms with Gasteiger partial charge in [0.25, 0.3) is 5.91 Å². The number of nitrogens with zero attached hydrogens (tertiary/aromatic N) is 1. The fraction of sp³-hybridized carbons (Fsp3) is 0.333. The molecule has 5 nitrogen and oxygen atoms in total. The van der Waals surface area contributed by atoms with Gasteiger partial charge < -0.3 is 16.0 Å². The number of likely N-dealkylation sites (tertiary alicyclic amines) is 1. The van der Waals surface area contributed by atoms with Crippen LogP contribution in [0.4, 0.5) is 5.69 Å². The predicted molar refractivity (Wildman–Crippen MR) is 108 cm³/mol. The maximum Gasteiger partial charge on any atom is 0.253 e. The van der Waals surface area contributed by atoms with Crippen LogP contribution in [0, 0.1) is 5.92 Å². The van der Waals surface area contributed by atoms with E-state index < -0.39 is 0 Å². The molecule has 1 fully saturated rings. The third-order valence-electron chi connectivity index (χ3n) is 5.35. The minimum Gasteiger partial charge on any atom is -0.338 e. The molecule has 140 valence electrons. The smallest absolute Gasteiger partial charge is 0.253 e. The van der Waals surface area contributed by atoms with E-state index >= 15 is 0 Å². The minimum absolute atomic E-state index is 0.000594. The number of nitrogens with one attached hydrogen (secondary N) is 1. The molecule has 2 aromatic carbocycles. The summed E-state index contributed by atoms with van der Waals surface area (Å²) in [6.07, 6.45) is 0.492. The summed E-state index contributed by atoms with van der Waals surface area (Å²) in [5.74, 6) is 1.27. The van der Waals surface area contributed by atoms with Crippen LogP contribution in [-0.4, -0.2) is 42.1 Å². The molecular weight excluding hydrogens is 358 g/mol. The SMILES string of the molecule is NC[C@@H]1CN(C(=O)c2ccc3c(c2)NC(=O)CCS3)C[C@H]1c1ccccc1. The van der Waals surface area contributed by atoms with Crippen molar-refractivity contribution in [3.63, 3.8) is 0 Å². The average molecular weight is 382 g/mol. The molecule has 0 aromatic heterocycles. The van der Waals surface area contributed by atoms with Gasteiger partial charge in [0.15, 0.2) is 0 Å². The van der Waals surface area contributed by atoms with E-state index in [4.69, 9.17) is 5.73 Å². The fourth-order valence-electron chi connectivity index (χ4n) is 3.89. The van der Waals surface area contributed by atoms with Crippen LogP contribution in [0.25, 0.3) is 0 Å².